The second-order valence-corrected chi connectivity index (χ2v) is 7.69. The fraction of sp³-hybridized carbons (Fsp3) is 0.333. The third-order valence-corrected chi connectivity index (χ3v) is 6.07. The SMILES string of the molecule is COc1ccccc1S(=O)(=O)N1CCOC(c2ccc(C)cc2)C1. The molecule has 1 saturated heterocycles. The minimum Gasteiger partial charge on any atom is -0.495 e. The molecule has 1 aliphatic heterocycles. The van der Waals surface area contributed by atoms with Crippen LogP contribution < -0.4 is 4.74 Å². The first-order valence-corrected chi connectivity index (χ1v) is 9.27. The summed E-state index contributed by atoms with van der Waals surface area (Å²) in [5.74, 6) is 0.357. The summed E-state index contributed by atoms with van der Waals surface area (Å²) in [4.78, 5) is 0.192. The van der Waals surface area contributed by atoms with E-state index in [2.05, 4.69) is 0 Å². The Kier molecular flexibility index (Phi) is 4.89. The van der Waals surface area contributed by atoms with Crippen LogP contribution >= 0.6 is 0 Å². The Hall–Kier alpha value is -1.89. The molecule has 0 saturated carbocycles. The van der Waals surface area contributed by atoms with E-state index in [1.54, 1.807) is 24.3 Å². The molecule has 6 heteroatoms. The monoisotopic (exact) mass is 347 g/mol. The third kappa shape index (κ3) is 3.31. The van der Waals surface area contributed by atoms with Gasteiger partial charge >= 0.3 is 0 Å². The molecular weight excluding hydrogens is 326 g/mol. The molecule has 1 heterocycles. The van der Waals surface area contributed by atoms with Gasteiger partial charge in [-0.2, -0.15) is 4.31 Å². The number of para-hydroxylation sites is 1. The zero-order chi connectivity index (χ0) is 17.2. The number of hydrogen-bond acceptors (Lipinski definition) is 4. The second-order valence-electron chi connectivity index (χ2n) is 5.78. The second kappa shape index (κ2) is 6.93. The minimum atomic E-state index is -3.63. The zero-order valence-electron chi connectivity index (χ0n) is 13.8. The fourth-order valence-corrected chi connectivity index (χ4v) is 4.38. The number of ether oxygens (including phenoxy) is 2. The number of hydrogen-bond donors (Lipinski definition) is 0. The molecule has 1 aliphatic rings. The van der Waals surface area contributed by atoms with Crippen molar-refractivity contribution in [2.24, 2.45) is 0 Å². The van der Waals surface area contributed by atoms with Gasteiger partial charge in [-0.25, -0.2) is 8.42 Å². The molecule has 1 fully saturated rings. The van der Waals surface area contributed by atoms with Gasteiger partial charge in [-0.15, -0.1) is 0 Å². The quantitative estimate of drug-likeness (QED) is 0.853. The number of benzene rings is 2. The van der Waals surface area contributed by atoms with Crippen LogP contribution in [0.5, 0.6) is 5.75 Å². The lowest BCUT2D eigenvalue weighted by Gasteiger charge is -2.32. The molecule has 0 N–H and O–H groups in total. The molecule has 0 spiro atoms. The maximum Gasteiger partial charge on any atom is 0.246 e. The molecule has 2 aromatic rings. The van der Waals surface area contributed by atoms with Gasteiger partial charge < -0.3 is 9.47 Å². The Balaban J connectivity index is 1.87. The molecule has 1 unspecified atom stereocenters. The molecule has 5 nitrogen and oxygen atoms in total. The van der Waals surface area contributed by atoms with Crippen molar-refractivity contribution >= 4 is 10.0 Å². The summed E-state index contributed by atoms with van der Waals surface area (Å²) in [5, 5.41) is 0. The summed E-state index contributed by atoms with van der Waals surface area (Å²) in [6.07, 6.45) is -0.260. The maximum absolute atomic E-state index is 13.0. The van der Waals surface area contributed by atoms with Crippen molar-refractivity contribution in [3.05, 3.63) is 59.7 Å². The molecule has 0 amide bonds. The van der Waals surface area contributed by atoms with Crippen molar-refractivity contribution in [2.75, 3.05) is 26.8 Å². The Labute approximate surface area is 142 Å². The molecule has 0 aromatic heterocycles. The number of sulfonamides is 1. The normalized spacial score (nSPS) is 19.2. The lowest BCUT2D eigenvalue weighted by molar-refractivity contribution is -0.00259. The molecular formula is C18H21NO4S. The topological polar surface area (TPSA) is 55.8 Å². The van der Waals surface area contributed by atoms with Crippen molar-refractivity contribution in [3.8, 4) is 5.75 Å². The first kappa shape index (κ1) is 17.0. The average molecular weight is 347 g/mol. The molecule has 128 valence electrons. The van der Waals surface area contributed by atoms with Crippen molar-refractivity contribution in [2.45, 2.75) is 17.9 Å². The van der Waals surface area contributed by atoms with Gasteiger partial charge in [0.2, 0.25) is 10.0 Å². The van der Waals surface area contributed by atoms with Gasteiger partial charge in [0.15, 0.2) is 0 Å². The van der Waals surface area contributed by atoms with Gasteiger partial charge in [-0.1, -0.05) is 42.0 Å². The minimum absolute atomic E-state index is 0.192. The molecule has 1 atom stereocenters. The first-order chi connectivity index (χ1) is 11.5. The maximum atomic E-state index is 13.0. The van der Waals surface area contributed by atoms with E-state index < -0.39 is 10.0 Å². The van der Waals surface area contributed by atoms with Crippen molar-refractivity contribution in [1.29, 1.82) is 0 Å². The van der Waals surface area contributed by atoms with E-state index in [-0.39, 0.29) is 11.0 Å². The summed E-state index contributed by atoms with van der Waals surface area (Å²) in [6.45, 7) is 3.02. The van der Waals surface area contributed by atoms with E-state index in [1.807, 2.05) is 31.2 Å². The number of aryl methyl sites for hydroxylation is 1. The van der Waals surface area contributed by atoms with Crippen molar-refractivity contribution in [1.82, 2.24) is 4.31 Å². The van der Waals surface area contributed by atoms with E-state index >= 15 is 0 Å². The Bertz CT molecular complexity index is 802. The predicted octanol–water partition coefficient (Wildman–Crippen LogP) is 2.77. The highest BCUT2D eigenvalue weighted by Gasteiger charge is 2.33. The molecule has 0 bridgehead atoms. The molecule has 24 heavy (non-hydrogen) atoms. The largest absolute Gasteiger partial charge is 0.495 e. The van der Waals surface area contributed by atoms with E-state index in [4.69, 9.17) is 9.47 Å². The number of rotatable bonds is 4. The summed E-state index contributed by atoms with van der Waals surface area (Å²) < 4.78 is 38.4. The summed E-state index contributed by atoms with van der Waals surface area (Å²) in [7, 11) is -2.15. The standard InChI is InChI=1S/C18H21NO4S/c1-14-7-9-15(10-8-14)17-13-19(11-12-23-17)24(20,21)18-6-4-3-5-16(18)22-2/h3-10,17H,11-13H2,1-2H3. The summed E-state index contributed by atoms with van der Waals surface area (Å²) in [5.41, 5.74) is 2.15. The third-order valence-electron chi connectivity index (χ3n) is 4.17. The highest BCUT2D eigenvalue weighted by molar-refractivity contribution is 7.89. The number of methoxy groups -OCH3 is 1. The van der Waals surface area contributed by atoms with Crippen molar-refractivity contribution in [3.63, 3.8) is 0 Å². The summed E-state index contributed by atoms with van der Waals surface area (Å²) >= 11 is 0. The van der Waals surface area contributed by atoms with Crippen LogP contribution in [-0.4, -0.2) is 39.5 Å². The fourth-order valence-electron chi connectivity index (χ4n) is 2.80. The van der Waals surface area contributed by atoms with Crippen LogP contribution in [0.2, 0.25) is 0 Å². The number of morpholine rings is 1. The number of nitrogens with zero attached hydrogens (tertiary/aromatic N) is 1. The van der Waals surface area contributed by atoms with Gasteiger partial charge in [-0.05, 0) is 24.6 Å². The van der Waals surface area contributed by atoms with Crippen LogP contribution in [0.25, 0.3) is 0 Å². The highest BCUT2D eigenvalue weighted by atomic mass is 32.2. The van der Waals surface area contributed by atoms with Gasteiger partial charge in [-0.3, -0.25) is 0 Å². The van der Waals surface area contributed by atoms with E-state index in [0.717, 1.165) is 11.1 Å². The van der Waals surface area contributed by atoms with Crippen LogP contribution in [-0.2, 0) is 14.8 Å². The zero-order valence-corrected chi connectivity index (χ0v) is 14.6. The van der Waals surface area contributed by atoms with Crippen LogP contribution in [0.1, 0.15) is 17.2 Å². The van der Waals surface area contributed by atoms with Gasteiger partial charge in [0, 0.05) is 13.1 Å². The lowest BCUT2D eigenvalue weighted by atomic mass is 10.1. The van der Waals surface area contributed by atoms with Gasteiger partial charge in [0.05, 0.1) is 19.8 Å². The highest BCUT2D eigenvalue weighted by Crippen LogP contribution is 2.30. The van der Waals surface area contributed by atoms with Crippen LogP contribution in [0, 0.1) is 6.92 Å². The van der Waals surface area contributed by atoms with E-state index in [0.29, 0.717) is 25.4 Å². The molecule has 0 aliphatic carbocycles. The smallest absolute Gasteiger partial charge is 0.246 e. The van der Waals surface area contributed by atoms with Crippen molar-refractivity contribution < 1.29 is 17.9 Å². The van der Waals surface area contributed by atoms with E-state index in [1.165, 1.54) is 11.4 Å². The molecule has 3 rings (SSSR count). The predicted molar refractivity (Wildman–Crippen MR) is 91.6 cm³/mol. The molecule has 2 aromatic carbocycles. The lowest BCUT2D eigenvalue weighted by Crippen LogP contribution is -2.42. The average Bonchev–Trinajstić information content (AvgIpc) is 2.62. The summed E-state index contributed by atoms with van der Waals surface area (Å²) in [6, 6.07) is 14.7. The Morgan fingerprint density at radius 1 is 1.12 bits per heavy atom. The molecule has 0 radical (unpaired) electrons. The van der Waals surface area contributed by atoms with Crippen LogP contribution in [0.3, 0.4) is 0 Å². The van der Waals surface area contributed by atoms with E-state index in [9.17, 15) is 8.42 Å². The van der Waals surface area contributed by atoms with Gasteiger partial charge in [0.25, 0.3) is 0 Å². The Morgan fingerprint density at radius 2 is 1.83 bits per heavy atom. The van der Waals surface area contributed by atoms with Crippen LogP contribution in [0.15, 0.2) is 53.4 Å². The Morgan fingerprint density at radius 3 is 2.54 bits per heavy atom. The van der Waals surface area contributed by atoms with Gasteiger partial charge in [0.1, 0.15) is 10.6 Å². The first-order valence-electron chi connectivity index (χ1n) is 7.83. The van der Waals surface area contributed by atoms with Crippen LogP contribution in [0.4, 0.5) is 0 Å².